The summed E-state index contributed by atoms with van der Waals surface area (Å²) in [6.07, 6.45) is 1.26. The number of rotatable bonds is 4. The smallest absolute Gasteiger partial charge is 0.337 e. The van der Waals surface area contributed by atoms with Gasteiger partial charge in [0, 0.05) is 6.07 Å². The van der Waals surface area contributed by atoms with Crippen LogP contribution in [0.4, 0.5) is 5.69 Å². The van der Waals surface area contributed by atoms with Crippen molar-refractivity contribution in [1.82, 2.24) is 0 Å². The molecule has 1 aromatic heterocycles. The fraction of sp³-hybridized carbons (Fsp3) is 0.0769. The molecule has 0 unspecified atom stereocenters. The first-order valence-electron chi connectivity index (χ1n) is 5.48. The van der Waals surface area contributed by atoms with Crippen molar-refractivity contribution in [2.24, 2.45) is 0 Å². The van der Waals surface area contributed by atoms with Crippen LogP contribution in [0.1, 0.15) is 20.7 Å². The second-order valence-corrected chi connectivity index (χ2v) is 4.12. The summed E-state index contributed by atoms with van der Waals surface area (Å²) in [6, 6.07) is 5.63. The third-order valence-corrected chi connectivity index (χ3v) is 2.86. The van der Waals surface area contributed by atoms with E-state index in [0.717, 1.165) is 0 Å². The fourth-order valence-electron chi connectivity index (χ4n) is 1.59. The van der Waals surface area contributed by atoms with E-state index in [4.69, 9.17) is 25.9 Å². The lowest BCUT2D eigenvalue weighted by molar-refractivity contribution is 0.0698. The number of anilines is 1. The molecule has 104 valence electrons. The van der Waals surface area contributed by atoms with Crippen molar-refractivity contribution in [3.05, 3.63) is 46.9 Å². The molecule has 0 aliphatic heterocycles. The molecular weight excluding hydrogens is 286 g/mol. The van der Waals surface area contributed by atoms with E-state index in [2.05, 4.69) is 5.32 Å². The topological polar surface area (TPSA) is 88.8 Å². The van der Waals surface area contributed by atoms with E-state index in [9.17, 15) is 9.59 Å². The van der Waals surface area contributed by atoms with Crippen molar-refractivity contribution in [3.63, 3.8) is 0 Å². The van der Waals surface area contributed by atoms with Gasteiger partial charge in [-0.1, -0.05) is 0 Å². The third kappa shape index (κ3) is 2.75. The van der Waals surface area contributed by atoms with Crippen molar-refractivity contribution in [2.75, 3.05) is 12.4 Å². The number of hydrogen-bond acceptors (Lipinski definition) is 4. The molecule has 0 saturated heterocycles. The number of amides is 1. The molecule has 2 N–H and O–H groups in total. The van der Waals surface area contributed by atoms with Crippen molar-refractivity contribution >= 4 is 29.2 Å². The molecule has 0 spiro atoms. The summed E-state index contributed by atoms with van der Waals surface area (Å²) in [7, 11) is 1.44. The number of halogens is 1. The van der Waals surface area contributed by atoms with Gasteiger partial charge in [-0.3, -0.25) is 4.79 Å². The van der Waals surface area contributed by atoms with Crippen LogP contribution >= 0.6 is 11.6 Å². The van der Waals surface area contributed by atoms with Gasteiger partial charge in [-0.05, 0) is 29.8 Å². The first kappa shape index (κ1) is 14.0. The number of aromatic carboxylic acids is 1. The maximum Gasteiger partial charge on any atom is 0.337 e. The van der Waals surface area contributed by atoms with Crippen LogP contribution in [0.5, 0.6) is 5.75 Å². The lowest BCUT2D eigenvalue weighted by Crippen LogP contribution is -2.14. The Morgan fingerprint density at radius 2 is 2.05 bits per heavy atom. The number of carbonyl (C=O) groups is 2. The zero-order valence-electron chi connectivity index (χ0n) is 10.3. The molecule has 0 atom stereocenters. The van der Waals surface area contributed by atoms with Crippen LogP contribution in [0.3, 0.4) is 0 Å². The Morgan fingerprint density at radius 3 is 2.60 bits per heavy atom. The van der Waals surface area contributed by atoms with Crippen LogP contribution in [-0.2, 0) is 0 Å². The Balaban J connectivity index is 2.34. The van der Waals surface area contributed by atoms with Gasteiger partial charge in [0.25, 0.3) is 5.91 Å². The molecule has 2 aromatic rings. The minimum Gasteiger partial charge on any atom is -0.497 e. The van der Waals surface area contributed by atoms with E-state index in [1.807, 2.05) is 0 Å². The molecule has 0 fully saturated rings. The summed E-state index contributed by atoms with van der Waals surface area (Å²) in [5.74, 6) is -1.32. The first-order valence-corrected chi connectivity index (χ1v) is 5.86. The van der Waals surface area contributed by atoms with Crippen molar-refractivity contribution in [3.8, 4) is 5.75 Å². The summed E-state index contributed by atoms with van der Waals surface area (Å²) in [6.45, 7) is 0. The minimum atomic E-state index is -1.17. The fourth-order valence-corrected chi connectivity index (χ4v) is 1.79. The maximum atomic E-state index is 12.0. The molecule has 0 bridgehead atoms. The number of nitrogens with one attached hydrogen (secondary N) is 1. The molecule has 20 heavy (non-hydrogen) atoms. The lowest BCUT2D eigenvalue weighted by Gasteiger charge is -2.09. The molecule has 0 radical (unpaired) electrons. The van der Waals surface area contributed by atoms with Crippen LogP contribution in [0.15, 0.2) is 34.9 Å². The van der Waals surface area contributed by atoms with Crippen molar-refractivity contribution in [1.29, 1.82) is 0 Å². The van der Waals surface area contributed by atoms with Crippen molar-refractivity contribution < 1.29 is 23.8 Å². The van der Waals surface area contributed by atoms with Gasteiger partial charge in [-0.25, -0.2) is 4.79 Å². The Bertz CT molecular complexity index is 665. The van der Waals surface area contributed by atoms with Gasteiger partial charge in [-0.15, -0.1) is 0 Å². The number of benzene rings is 1. The van der Waals surface area contributed by atoms with Crippen molar-refractivity contribution in [2.45, 2.75) is 0 Å². The van der Waals surface area contributed by atoms with Gasteiger partial charge in [0.15, 0.2) is 0 Å². The summed E-state index contributed by atoms with van der Waals surface area (Å²) < 4.78 is 9.81. The van der Waals surface area contributed by atoms with Gasteiger partial charge < -0.3 is 19.6 Å². The Morgan fingerprint density at radius 1 is 1.30 bits per heavy atom. The highest BCUT2D eigenvalue weighted by molar-refractivity contribution is 6.32. The number of carbonyl (C=O) groups excluding carboxylic acids is 1. The molecule has 0 saturated carbocycles. The Hall–Kier alpha value is -2.47. The monoisotopic (exact) mass is 295 g/mol. The predicted octanol–water partition coefficient (Wildman–Crippen LogP) is 2.89. The number of ether oxygens (including phenoxy) is 1. The summed E-state index contributed by atoms with van der Waals surface area (Å²) >= 11 is 5.69. The van der Waals surface area contributed by atoms with E-state index in [-0.39, 0.29) is 22.0 Å². The summed E-state index contributed by atoms with van der Waals surface area (Å²) in [4.78, 5) is 23.1. The molecular formula is C13H10ClNO5. The zero-order valence-corrected chi connectivity index (χ0v) is 11.1. The summed E-state index contributed by atoms with van der Waals surface area (Å²) in [5.41, 5.74) is 0.170. The van der Waals surface area contributed by atoms with Crippen LogP contribution in [0, 0.1) is 0 Å². The molecule has 2 rings (SSSR count). The summed E-state index contributed by atoms with van der Waals surface area (Å²) in [5, 5.41) is 11.5. The highest BCUT2D eigenvalue weighted by atomic mass is 35.5. The number of carboxylic acid groups (broad SMARTS) is 1. The highest BCUT2D eigenvalue weighted by Gasteiger charge is 2.17. The largest absolute Gasteiger partial charge is 0.497 e. The standard InChI is InChI=1S/C13H10ClNO5/c1-19-7-2-3-8(13(17)18)10(6-7)15-12(16)9-4-5-20-11(9)14/h2-6H,1H3,(H,15,16)(H,17,18). The molecule has 0 aliphatic carbocycles. The molecule has 7 heteroatoms. The first-order chi connectivity index (χ1) is 9.52. The highest BCUT2D eigenvalue weighted by Crippen LogP contribution is 2.24. The molecule has 1 aromatic carbocycles. The molecule has 1 amide bonds. The number of hydrogen-bond donors (Lipinski definition) is 2. The van der Waals surface area contributed by atoms with Crippen LogP contribution in [0.25, 0.3) is 0 Å². The number of furan rings is 1. The lowest BCUT2D eigenvalue weighted by atomic mass is 10.1. The van der Waals surface area contributed by atoms with Crippen LogP contribution in [-0.4, -0.2) is 24.1 Å². The van der Waals surface area contributed by atoms with E-state index in [0.29, 0.717) is 5.75 Å². The minimum absolute atomic E-state index is 0.0567. The van der Waals surface area contributed by atoms with Crippen LogP contribution in [0.2, 0.25) is 5.22 Å². The van der Waals surface area contributed by atoms with E-state index >= 15 is 0 Å². The van der Waals surface area contributed by atoms with Gasteiger partial charge >= 0.3 is 5.97 Å². The molecule has 1 heterocycles. The average Bonchev–Trinajstić information content (AvgIpc) is 2.84. The number of carboxylic acids is 1. The SMILES string of the molecule is COc1ccc(C(=O)O)c(NC(=O)c2ccoc2Cl)c1. The van der Waals surface area contributed by atoms with Gasteiger partial charge in [-0.2, -0.15) is 0 Å². The molecule has 6 nitrogen and oxygen atoms in total. The van der Waals surface area contributed by atoms with E-state index in [1.165, 1.54) is 37.6 Å². The third-order valence-electron chi connectivity index (χ3n) is 2.57. The van der Waals surface area contributed by atoms with E-state index in [1.54, 1.807) is 0 Å². The quantitative estimate of drug-likeness (QED) is 0.905. The zero-order chi connectivity index (χ0) is 14.7. The van der Waals surface area contributed by atoms with Gasteiger partial charge in [0.2, 0.25) is 5.22 Å². The van der Waals surface area contributed by atoms with Gasteiger partial charge in [0.1, 0.15) is 5.75 Å². The predicted molar refractivity (Wildman–Crippen MR) is 71.6 cm³/mol. The Kier molecular flexibility index (Phi) is 3.95. The normalized spacial score (nSPS) is 10.1. The average molecular weight is 296 g/mol. The number of methoxy groups -OCH3 is 1. The van der Waals surface area contributed by atoms with Crippen LogP contribution < -0.4 is 10.1 Å². The second kappa shape index (κ2) is 5.66. The van der Waals surface area contributed by atoms with E-state index < -0.39 is 11.9 Å². The van der Waals surface area contributed by atoms with Gasteiger partial charge in [0.05, 0.1) is 30.2 Å². The maximum absolute atomic E-state index is 12.0. The molecule has 0 aliphatic rings. The Labute approximate surface area is 118 Å². The second-order valence-electron chi connectivity index (χ2n) is 3.78.